The molecule has 130 valence electrons. The summed E-state index contributed by atoms with van der Waals surface area (Å²) in [5, 5.41) is 0. The van der Waals surface area contributed by atoms with Crippen molar-refractivity contribution in [3.63, 3.8) is 0 Å². The predicted molar refractivity (Wildman–Crippen MR) is 78.8 cm³/mol. The van der Waals surface area contributed by atoms with Gasteiger partial charge in [0.25, 0.3) is 0 Å². The number of hydrogen-bond acceptors (Lipinski definition) is 5. The summed E-state index contributed by atoms with van der Waals surface area (Å²) in [6, 6.07) is 7.82. The zero-order chi connectivity index (χ0) is 18.2. The molecule has 2 aromatic rings. The van der Waals surface area contributed by atoms with E-state index in [-0.39, 0.29) is 4.90 Å². The number of halogens is 3. The fourth-order valence-corrected chi connectivity index (χ4v) is 3.37. The molecular formula is C14H11F3O5S2. The molecule has 0 amide bonds. The molecule has 0 saturated carbocycles. The molecule has 0 bridgehead atoms. The first-order valence-electron chi connectivity index (χ1n) is 6.32. The Labute approximate surface area is 136 Å². The van der Waals surface area contributed by atoms with E-state index in [1.807, 2.05) is 0 Å². The van der Waals surface area contributed by atoms with Gasteiger partial charge in [-0.25, -0.2) is 8.42 Å². The van der Waals surface area contributed by atoms with Gasteiger partial charge in [0.15, 0.2) is 15.6 Å². The smallest absolute Gasteiger partial charge is 0.378 e. The SMILES string of the molecule is CS(=O)(=O)c1ccc(S(=O)(=O)Oc2ccccc2C(F)(F)F)cc1. The first-order valence-corrected chi connectivity index (χ1v) is 9.62. The second kappa shape index (κ2) is 6.10. The molecule has 2 aromatic carbocycles. The van der Waals surface area contributed by atoms with Crippen LogP contribution in [0.25, 0.3) is 0 Å². The van der Waals surface area contributed by atoms with Crippen LogP contribution in [0.2, 0.25) is 0 Å². The van der Waals surface area contributed by atoms with Crippen LogP contribution < -0.4 is 4.18 Å². The molecule has 0 radical (unpaired) electrons. The third-order valence-electron chi connectivity index (χ3n) is 2.93. The Morgan fingerprint density at radius 1 is 0.833 bits per heavy atom. The zero-order valence-electron chi connectivity index (χ0n) is 12.1. The second-order valence-electron chi connectivity index (χ2n) is 4.77. The summed E-state index contributed by atoms with van der Waals surface area (Å²) in [4.78, 5) is -0.594. The number of rotatable bonds is 4. The molecule has 0 heterocycles. The van der Waals surface area contributed by atoms with Gasteiger partial charge >= 0.3 is 16.3 Å². The minimum Gasteiger partial charge on any atom is -0.378 e. The lowest BCUT2D eigenvalue weighted by Gasteiger charge is -2.13. The van der Waals surface area contributed by atoms with E-state index in [9.17, 15) is 30.0 Å². The highest BCUT2D eigenvalue weighted by molar-refractivity contribution is 7.90. The standard InChI is InChI=1S/C14H11F3O5S2/c1-23(18,19)10-6-8-11(9-7-10)24(20,21)22-13-5-3-2-4-12(13)14(15,16)17/h2-9H,1H3. The highest BCUT2D eigenvalue weighted by Gasteiger charge is 2.35. The van der Waals surface area contributed by atoms with Crippen molar-refractivity contribution in [1.82, 2.24) is 0 Å². The van der Waals surface area contributed by atoms with Gasteiger partial charge < -0.3 is 4.18 Å². The molecule has 0 spiro atoms. The van der Waals surface area contributed by atoms with Crippen molar-refractivity contribution in [2.75, 3.05) is 6.26 Å². The maximum Gasteiger partial charge on any atom is 0.420 e. The third-order valence-corrected chi connectivity index (χ3v) is 5.31. The van der Waals surface area contributed by atoms with Gasteiger partial charge in [-0.15, -0.1) is 0 Å². The molecule has 0 aliphatic carbocycles. The van der Waals surface area contributed by atoms with Crippen LogP contribution in [0.3, 0.4) is 0 Å². The van der Waals surface area contributed by atoms with E-state index < -0.39 is 42.3 Å². The summed E-state index contributed by atoms with van der Waals surface area (Å²) in [5.74, 6) is -0.864. The highest BCUT2D eigenvalue weighted by Crippen LogP contribution is 2.37. The van der Waals surface area contributed by atoms with Crippen LogP contribution in [0.15, 0.2) is 58.3 Å². The molecule has 0 saturated heterocycles. The zero-order valence-corrected chi connectivity index (χ0v) is 13.7. The summed E-state index contributed by atoms with van der Waals surface area (Å²) in [6.07, 6.45) is -3.85. The van der Waals surface area contributed by atoms with Gasteiger partial charge in [0, 0.05) is 6.26 Å². The van der Waals surface area contributed by atoms with Gasteiger partial charge in [0.05, 0.1) is 10.5 Å². The maximum atomic E-state index is 12.9. The minimum atomic E-state index is -4.79. The van der Waals surface area contributed by atoms with Crippen molar-refractivity contribution in [2.24, 2.45) is 0 Å². The molecule has 2 rings (SSSR count). The van der Waals surface area contributed by atoms with E-state index in [1.165, 1.54) is 6.07 Å². The molecule has 24 heavy (non-hydrogen) atoms. The normalized spacial score (nSPS) is 12.8. The van der Waals surface area contributed by atoms with Crippen molar-refractivity contribution in [2.45, 2.75) is 16.0 Å². The number of alkyl halides is 3. The molecule has 0 N–H and O–H groups in total. The summed E-state index contributed by atoms with van der Waals surface area (Å²) >= 11 is 0. The van der Waals surface area contributed by atoms with E-state index >= 15 is 0 Å². The number of benzene rings is 2. The second-order valence-corrected chi connectivity index (χ2v) is 8.34. The molecule has 0 aliphatic heterocycles. The third kappa shape index (κ3) is 4.06. The average molecular weight is 380 g/mol. The lowest BCUT2D eigenvalue weighted by atomic mass is 10.2. The molecule has 5 nitrogen and oxygen atoms in total. The first-order chi connectivity index (χ1) is 10.9. The van der Waals surface area contributed by atoms with Gasteiger partial charge in [-0.1, -0.05) is 12.1 Å². The van der Waals surface area contributed by atoms with Crippen molar-refractivity contribution < 1.29 is 34.2 Å². The highest BCUT2D eigenvalue weighted by atomic mass is 32.2. The molecule has 0 atom stereocenters. The maximum absolute atomic E-state index is 12.9. The fraction of sp³-hybridized carbons (Fsp3) is 0.143. The van der Waals surface area contributed by atoms with Crippen LogP contribution in [0.1, 0.15) is 5.56 Å². The average Bonchev–Trinajstić information content (AvgIpc) is 2.45. The monoisotopic (exact) mass is 380 g/mol. The topological polar surface area (TPSA) is 77.5 Å². The van der Waals surface area contributed by atoms with Crippen LogP contribution in [-0.2, 0) is 26.1 Å². The summed E-state index contributed by atoms with van der Waals surface area (Å²) in [7, 11) is -8.09. The molecule has 0 aliphatic rings. The van der Waals surface area contributed by atoms with Crippen LogP contribution in [0.4, 0.5) is 13.2 Å². The largest absolute Gasteiger partial charge is 0.420 e. The fourth-order valence-electron chi connectivity index (χ4n) is 1.79. The minimum absolute atomic E-state index is 0.128. The quantitative estimate of drug-likeness (QED) is 0.763. The Hall–Kier alpha value is -2.07. The Kier molecular flexibility index (Phi) is 4.64. The molecule has 0 unspecified atom stereocenters. The Morgan fingerprint density at radius 3 is 1.83 bits per heavy atom. The van der Waals surface area contributed by atoms with E-state index in [1.54, 1.807) is 0 Å². The van der Waals surface area contributed by atoms with Gasteiger partial charge in [0.2, 0.25) is 0 Å². The van der Waals surface area contributed by atoms with Crippen molar-refractivity contribution >= 4 is 20.0 Å². The summed E-state index contributed by atoms with van der Waals surface area (Å²) in [6.45, 7) is 0. The summed E-state index contributed by atoms with van der Waals surface area (Å²) in [5.41, 5.74) is -1.23. The molecular weight excluding hydrogens is 369 g/mol. The van der Waals surface area contributed by atoms with Crippen LogP contribution in [-0.4, -0.2) is 23.1 Å². The van der Waals surface area contributed by atoms with Crippen molar-refractivity contribution in [3.8, 4) is 5.75 Å². The molecule has 0 aromatic heterocycles. The van der Waals surface area contributed by atoms with Crippen molar-refractivity contribution in [3.05, 3.63) is 54.1 Å². The molecule has 0 fully saturated rings. The Morgan fingerprint density at radius 2 is 1.33 bits per heavy atom. The molecule has 10 heteroatoms. The lowest BCUT2D eigenvalue weighted by molar-refractivity contribution is -0.138. The first kappa shape index (κ1) is 18.3. The number of para-hydroxylation sites is 1. The number of sulfone groups is 1. The predicted octanol–water partition coefficient (Wildman–Crippen LogP) is 2.88. The van der Waals surface area contributed by atoms with Crippen LogP contribution in [0.5, 0.6) is 5.75 Å². The van der Waals surface area contributed by atoms with E-state index in [4.69, 9.17) is 0 Å². The van der Waals surface area contributed by atoms with Gasteiger partial charge in [-0.2, -0.15) is 21.6 Å². The van der Waals surface area contributed by atoms with E-state index in [0.717, 1.165) is 42.7 Å². The van der Waals surface area contributed by atoms with Gasteiger partial charge in [-0.3, -0.25) is 0 Å². The van der Waals surface area contributed by atoms with Crippen LogP contribution >= 0.6 is 0 Å². The van der Waals surface area contributed by atoms with Gasteiger partial charge in [-0.05, 0) is 36.4 Å². The number of hydrogen-bond donors (Lipinski definition) is 0. The van der Waals surface area contributed by atoms with E-state index in [0.29, 0.717) is 6.07 Å². The van der Waals surface area contributed by atoms with Gasteiger partial charge in [0.1, 0.15) is 4.90 Å². The lowest BCUT2D eigenvalue weighted by Crippen LogP contribution is -2.14. The van der Waals surface area contributed by atoms with Crippen molar-refractivity contribution in [1.29, 1.82) is 0 Å². The van der Waals surface area contributed by atoms with E-state index in [2.05, 4.69) is 4.18 Å². The Balaban J connectivity index is 2.40. The Bertz CT molecular complexity index is 947. The summed E-state index contributed by atoms with van der Waals surface area (Å²) < 4.78 is 90.1. The van der Waals surface area contributed by atoms with Crippen LogP contribution in [0, 0.1) is 0 Å².